The van der Waals surface area contributed by atoms with Crippen molar-refractivity contribution in [1.82, 2.24) is 5.32 Å². The molecule has 0 aliphatic carbocycles. The molecular weight excluding hydrogens is 310 g/mol. The van der Waals surface area contributed by atoms with Crippen LogP contribution >= 0.6 is 0 Å². The molecule has 1 rings (SSSR count). The summed E-state index contributed by atoms with van der Waals surface area (Å²) in [6.45, 7) is 2.90. The first-order valence-corrected chi connectivity index (χ1v) is 9.92. The number of nitrogens with one attached hydrogen (secondary N) is 1. The van der Waals surface area contributed by atoms with Crippen LogP contribution in [-0.2, 0) is 11.2 Å². The molecule has 0 atom stereocenters. The second-order valence-corrected chi connectivity index (χ2v) is 6.69. The van der Waals surface area contributed by atoms with E-state index in [9.17, 15) is 9.90 Å². The lowest BCUT2D eigenvalue weighted by atomic mass is 10.1. The number of hydrogen-bond donors (Lipinski definition) is 2. The number of phenols is 1. The molecule has 0 aliphatic heterocycles. The maximum absolute atomic E-state index is 11.8. The van der Waals surface area contributed by atoms with Crippen LogP contribution in [0, 0.1) is 0 Å². The Morgan fingerprint density at radius 3 is 2.24 bits per heavy atom. The van der Waals surface area contributed by atoms with Gasteiger partial charge in [0, 0.05) is 13.0 Å². The Labute approximate surface area is 153 Å². The van der Waals surface area contributed by atoms with Crippen LogP contribution in [0.4, 0.5) is 0 Å². The third-order valence-corrected chi connectivity index (χ3v) is 4.34. The molecule has 140 valence electrons. The smallest absolute Gasteiger partial charge is 0.220 e. The number of phenolic OH excluding ortho intramolecular Hbond substituents is 1. The highest BCUT2D eigenvalue weighted by molar-refractivity contribution is 5.75. The van der Waals surface area contributed by atoms with E-state index in [1.165, 1.54) is 38.5 Å². The molecule has 0 radical (unpaired) electrons. The molecule has 0 aromatic heterocycles. The molecule has 2 N–H and O–H groups in total. The first-order valence-electron chi connectivity index (χ1n) is 9.92. The van der Waals surface area contributed by atoms with Crippen molar-refractivity contribution in [3.63, 3.8) is 0 Å². The van der Waals surface area contributed by atoms with Crippen LogP contribution in [0.25, 0.3) is 0 Å². The maximum atomic E-state index is 11.8. The van der Waals surface area contributed by atoms with E-state index in [0.717, 1.165) is 31.2 Å². The standard InChI is InChI=1S/C22H35NO2/c1-2-3-4-5-6-7-8-9-10-11-12-13-22(25)23-19-18-20-14-16-21(24)17-15-20/h7-8,14-17,24H,2-6,9-13,18-19H2,1H3,(H,23,25)/b8-7-. The summed E-state index contributed by atoms with van der Waals surface area (Å²) in [5, 5.41) is 12.2. The molecule has 3 nitrogen and oxygen atoms in total. The SMILES string of the molecule is CCCCCC/C=C\CCCCCC(=O)NCCc1ccc(O)cc1. The number of amides is 1. The van der Waals surface area contributed by atoms with Crippen LogP contribution in [0.5, 0.6) is 5.75 Å². The largest absolute Gasteiger partial charge is 0.508 e. The Balaban J connectivity index is 1.91. The lowest BCUT2D eigenvalue weighted by molar-refractivity contribution is -0.121. The molecule has 0 saturated carbocycles. The summed E-state index contributed by atoms with van der Waals surface area (Å²) in [4.78, 5) is 11.8. The number of carbonyl (C=O) groups excluding carboxylic acids is 1. The second-order valence-electron chi connectivity index (χ2n) is 6.69. The van der Waals surface area contributed by atoms with Crippen molar-refractivity contribution in [2.75, 3.05) is 6.54 Å². The van der Waals surface area contributed by atoms with Crippen LogP contribution in [0.1, 0.15) is 76.7 Å². The molecule has 3 heteroatoms. The van der Waals surface area contributed by atoms with Crippen molar-refractivity contribution in [2.45, 2.75) is 77.6 Å². The second kappa shape index (κ2) is 14.6. The zero-order valence-corrected chi connectivity index (χ0v) is 15.8. The number of hydrogen-bond acceptors (Lipinski definition) is 2. The molecule has 0 saturated heterocycles. The number of unbranched alkanes of at least 4 members (excludes halogenated alkanes) is 7. The Bertz CT molecular complexity index is 479. The minimum atomic E-state index is 0.144. The molecular formula is C22H35NO2. The summed E-state index contributed by atoms with van der Waals surface area (Å²) in [6, 6.07) is 7.13. The number of benzene rings is 1. The Morgan fingerprint density at radius 2 is 1.60 bits per heavy atom. The van der Waals surface area contributed by atoms with E-state index in [0.29, 0.717) is 13.0 Å². The molecule has 0 spiro atoms. The third kappa shape index (κ3) is 12.3. The summed E-state index contributed by atoms with van der Waals surface area (Å²) in [5.41, 5.74) is 1.12. The Kier molecular flexibility index (Phi) is 12.4. The highest BCUT2D eigenvalue weighted by Gasteiger charge is 2.01. The van der Waals surface area contributed by atoms with Gasteiger partial charge in [-0.25, -0.2) is 0 Å². The number of carbonyl (C=O) groups is 1. The Morgan fingerprint density at radius 1 is 0.960 bits per heavy atom. The van der Waals surface area contributed by atoms with E-state index in [1.807, 2.05) is 12.1 Å². The van der Waals surface area contributed by atoms with Gasteiger partial charge in [0.15, 0.2) is 0 Å². The average Bonchev–Trinajstić information content (AvgIpc) is 2.61. The fourth-order valence-corrected chi connectivity index (χ4v) is 2.75. The van der Waals surface area contributed by atoms with Crippen molar-refractivity contribution in [3.8, 4) is 5.75 Å². The number of allylic oxidation sites excluding steroid dienone is 2. The maximum Gasteiger partial charge on any atom is 0.220 e. The minimum Gasteiger partial charge on any atom is -0.508 e. The molecule has 25 heavy (non-hydrogen) atoms. The van der Waals surface area contributed by atoms with Gasteiger partial charge in [-0.15, -0.1) is 0 Å². The summed E-state index contributed by atoms with van der Waals surface area (Å²) in [5.74, 6) is 0.421. The summed E-state index contributed by atoms with van der Waals surface area (Å²) in [6.07, 6.45) is 16.9. The lowest BCUT2D eigenvalue weighted by Crippen LogP contribution is -2.25. The molecule has 1 amide bonds. The average molecular weight is 346 g/mol. The first-order chi connectivity index (χ1) is 12.2. The van der Waals surface area contributed by atoms with Gasteiger partial charge in [0.25, 0.3) is 0 Å². The lowest BCUT2D eigenvalue weighted by Gasteiger charge is -2.05. The number of rotatable bonds is 14. The zero-order valence-electron chi connectivity index (χ0n) is 15.8. The van der Waals surface area contributed by atoms with Gasteiger partial charge in [0.1, 0.15) is 5.75 Å². The van der Waals surface area contributed by atoms with Crippen LogP contribution < -0.4 is 5.32 Å². The fourth-order valence-electron chi connectivity index (χ4n) is 2.75. The fraction of sp³-hybridized carbons (Fsp3) is 0.591. The van der Waals surface area contributed by atoms with Gasteiger partial charge in [-0.05, 0) is 56.2 Å². The van der Waals surface area contributed by atoms with Gasteiger partial charge in [0.2, 0.25) is 5.91 Å². The van der Waals surface area contributed by atoms with Crippen LogP contribution in [0.3, 0.4) is 0 Å². The molecule has 0 aliphatic rings. The van der Waals surface area contributed by atoms with Crippen molar-refractivity contribution in [3.05, 3.63) is 42.0 Å². The predicted molar refractivity (Wildman–Crippen MR) is 106 cm³/mol. The molecule has 0 fully saturated rings. The molecule has 1 aromatic rings. The van der Waals surface area contributed by atoms with Crippen molar-refractivity contribution in [2.24, 2.45) is 0 Å². The van der Waals surface area contributed by atoms with Gasteiger partial charge in [-0.1, -0.05) is 56.9 Å². The van der Waals surface area contributed by atoms with Crippen LogP contribution in [-0.4, -0.2) is 17.6 Å². The zero-order chi connectivity index (χ0) is 18.2. The summed E-state index contributed by atoms with van der Waals surface area (Å²) < 4.78 is 0. The topological polar surface area (TPSA) is 49.3 Å². The molecule has 0 unspecified atom stereocenters. The third-order valence-electron chi connectivity index (χ3n) is 4.34. The normalized spacial score (nSPS) is 11.1. The van der Waals surface area contributed by atoms with Crippen LogP contribution in [0.2, 0.25) is 0 Å². The van der Waals surface area contributed by atoms with E-state index in [1.54, 1.807) is 12.1 Å². The van der Waals surface area contributed by atoms with E-state index < -0.39 is 0 Å². The molecule has 1 aromatic carbocycles. The van der Waals surface area contributed by atoms with E-state index >= 15 is 0 Å². The van der Waals surface area contributed by atoms with Gasteiger partial charge in [0.05, 0.1) is 0 Å². The van der Waals surface area contributed by atoms with Crippen LogP contribution in [0.15, 0.2) is 36.4 Å². The first kappa shape index (κ1) is 21.3. The monoisotopic (exact) mass is 345 g/mol. The van der Waals surface area contributed by atoms with Gasteiger partial charge in [-0.3, -0.25) is 4.79 Å². The van der Waals surface area contributed by atoms with Gasteiger partial charge < -0.3 is 10.4 Å². The number of aromatic hydroxyl groups is 1. The van der Waals surface area contributed by atoms with E-state index in [-0.39, 0.29) is 11.7 Å². The van der Waals surface area contributed by atoms with Gasteiger partial charge in [-0.2, -0.15) is 0 Å². The quantitative estimate of drug-likeness (QED) is 0.344. The highest BCUT2D eigenvalue weighted by atomic mass is 16.3. The molecule has 0 bridgehead atoms. The Hall–Kier alpha value is -1.77. The van der Waals surface area contributed by atoms with E-state index in [4.69, 9.17) is 0 Å². The summed E-state index contributed by atoms with van der Waals surface area (Å²) >= 11 is 0. The highest BCUT2D eigenvalue weighted by Crippen LogP contribution is 2.10. The van der Waals surface area contributed by atoms with Crippen molar-refractivity contribution >= 4 is 5.91 Å². The minimum absolute atomic E-state index is 0.144. The van der Waals surface area contributed by atoms with Crippen molar-refractivity contribution in [1.29, 1.82) is 0 Å². The van der Waals surface area contributed by atoms with E-state index in [2.05, 4.69) is 24.4 Å². The molecule has 0 heterocycles. The van der Waals surface area contributed by atoms with Gasteiger partial charge >= 0.3 is 0 Å². The predicted octanol–water partition coefficient (Wildman–Crippen LogP) is 5.53. The van der Waals surface area contributed by atoms with Crippen molar-refractivity contribution < 1.29 is 9.90 Å². The summed E-state index contributed by atoms with van der Waals surface area (Å²) in [7, 11) is 0.